The minimum absolute atomic E-state index is 0.0966. The first kappa shape index (κ1) is 33.2. The highest BCUT2D eigenvalue weighted by atomic mass is 19.4. The lowest BCUT2D eigenvalue weighted by Crippen LogP contribution is -2.50. The molecule has 0 radical (unpaired) electrons. The van der Waals surface area contributed by atoms with Gasteiger partial charge in [0.2, 0.25) is 11.9 Å². The van der Waals surface area contributed by atoms with E-state index in [2.05, 4.69) is 15.1 Å². The molecule has 0 N–H and O–H groups in total. The fraction of sp³-hybridized carbons (Fsp3) is 0.500. The van der Waals surface area contributed by atoms with Gasteiger partial charge in [-0.2, -0.15) is 31.4 Å². The summed E-state index contributed by atoms with van der Waals surface area (Å²) in [6, 6.07) is 7.49. The Morgan fingerprint density at radius 3 is 2.24 bits per heavy atom. The Morgan fingerprint density at radius 1 is 0.957 bits per heavy atom. The van der Waals surface area contributed by atoms with Gasteiger partial charge in [-0.15, -0.1) is 0 Å². The lowest BCUT2D eigenvalue weighted by molar-refractivity contribution is -0.139. The molecule has 2 fully saturated rings. The van der Waals surface area contributed by atoms with E-state index in [1.54, 1.807) is 34.1 Å². The van der Waals surface area contributed by atoms with Crippen molar-refractivity contribution in [3.63, 3.8) is 0 Å². The molecule has 1 amide bonds. The van der Waals surface area contributed by atoms with E-state index in [0.29, 0.717) is 70.0 Å². The number of likely N-dealkylation sites (tertiary alicyclic amines) is 1. The number of carbonyl (C=O) groups excluding carboxylic acids is 1. The maximum Gasteiger partial charge on any atom is 0.421 e. The molecule has 4 heterocycles. The number of nitrogens with zero attached hydrogens (tertiary/aromatic N) is 7. The highest BCUT2D eigenvalue weighted by Gasteiger charge is 2.37. The van der Waals surface area contributed by atoms with Crippen molar-refractivity contribution in [2.45, 2.75) is 44.1 Å². The van der Waals surface area contributed by atoms with Gasteiger partial charge in [0, 0.05) is 64.0 Å². The summed E-state index contributed by atoms with van der Waals surface area (Å²) in [5.41, 5.74) is -2.64. The molecule has 2 aliphatic rings. The number of methoxy groups -OCH3 is 1. The zero-order valence-electron chi connectivity index (χ0n) is 25.0. The molecular weight excluding hydrogens is 620 g/mol. The maximum absolute atomic E-state index is 13.9. The van der Waals surface area contributed by atoms with Crippen LogP contribution in [0.2, 0.25) is 0 Å². The summed E-state index contributed by atoms with van der Waals surface area (Å²) in [6.07, 6.45) is -6.43. The average Bonchev–Trinajstić information content (AvgIpc) is 3.04. The molecule has 2 aliphatic heterocycles. The molecule has 0 bridgehead atoms. The van der Waals surface area contributed by atoms with Gasteiger partial charge in [-0.05, 0) is 43.1 Å². The quantitative estimate of drug-likeness (QED) is 0.337. The van der Waals surface area contributed by atoms with Crippen molar-refractivity contribution in [1.29, 1.82) is 0 Å². The standard InChI is InChI=1S/C30H33F6N7O3/c1-46-23-6-4-20(5-7-23)18-43-27(45)24(30(34,35)36)15-25(39-43)21-3-2-9-40(19-21)10-8-26(44)41-11-13-42(14-12-41)28-37-16-22(17-38-28)29(31,32)33/h4-7,15-17,21H,2-3,8-14,18-19H2,1H3. The van der Waals surface area contributed by atoms with Crippen molar-refractivity contribution in [2.75, 3.05) is 57.8 Å². The Bertz CT molecular complexity index is 1550. The maximum atomic E-state index is 13.9. The van der Waals surface area contributed by atoms with Crippen LogP contribution in [0.15, 0.2) is 47.5 Å². The minimum Gasteiger partial charge on any atom is -0.497 e. The van der Waals surface area contributed by atoms with Crippen LogP contribution in [0.5, 0.6) is 5.75 Å². The highest BCUT2D eigenvalue weighted by molar-refractivity contribution is 5.76. The number of carbonyl (C=O) groups is 1. The van der Waals surface area contributed by atoms with Gasteiger partial charge in [0.15, 0.2) is 0 Å². The van der Waals surface area contributed by atoms with E-state index in [9.17, 15) is 35.9 Å². The Hall–Kier alpha value is -4.21. The first-order valence-corrected chi connectivity index (χ1v) is 14.8. The predicted molar refractivity (Wildman–Crippen MR) is 154 cm³/mol. The molecule has 0 spiro atoms. The van der Waals surface area contributed by atoms with Crippen LogP contribution in [0, 0.1) is 0 Å². The molecular formula is C30H33F6N7O3. The lowest BCUT2D eigenvalue weighted by Gasteiger charge is -2.36. The summed E-state index contributed by atoms with van der Waals surface area (Å²) in [6.45, 7) is 2.75. The Morgan fingerprint density at radius 2 is 1.63 bits per heavy atom. The Labute approximate surface area is 260 Å². The van der Waals surface area contributed by atoms with Crippen LogP contribution < -0.4 is 15.2 Å². The number of piperazine rings is 1. The van der Waals surface area contributed by atoms with Gasteiger partial charge >= 0.3 is 12.4 Å². The van der Waals surface area contributed by atoms with Crippen molar-refractivity contribution in [3.05, 3.63) is 75.5 Å². The molecule has 1 aromatic carbocycles. The van der Waals surface area contributed by atoms with Gasteiger partial charge in [-0.3, -0.25) is 9.59 Å². The summed E-state index contributed by atoms with van der Waals surface area (Å²) in [4.78, 5) is 38.8. The van der Waals surface area contributed by atoms with Crippen LogP contribution in [0.3, 0.4) is 0 Å². The van der Waals surface area contributed by atoms with E-state index in [4.69, 9.17) is 4.74 Å². The molecule has 248 valence electrons. The summed E-state index contributed by atoms with van der Waals surface area (Å²) < 4.78 is 86.1. The van der Waals surface area contributed by atoms with Gasteiger partial charge in [0.1, 0.15) is 11.3 Å². The molecule has 0 saturated carbocycles. The first-order valence-electron chi connectivity index (χ1n) is 14.8. The highest BCUT2D eigenvalue weighted by Crippen LogP contribution is 2.31. The fourth-order valence-electron chi connectivity index (χ4n) is 5.67. The first-order chi connectivity index (χ1) is 21.8. The van der Waals surface area contributed by atoms with Crippen molar-refractivity contribution >= 4 is 11.9 Å². The van der Waals surface area contributed by atoms with E-state index >= 15 is 0 Å². The van der Waals surface area contributed by atoms with Gasteiger partial charge in [0.25, 0.3) is 5.56 Å². The van der Waals surface area contributed by atoms with Crippen LogP contribution in [0.25, 0.3) is 0 Å². The van der Waals surface area contributed by atoms with Gasteiger partial charge in [0.05, 0.1) is 24.9 Å². The average molecular weight is 654 g/mol. The summed E-state index contributed by atoms with van der Waals surface area (Å²) in [5.74, 6) is 0.280. The number of rotatable bonds is 8. The largest absolute Gasteiger partial charge is 0.497 e. The number of anilines is 1. The van der Waals surface area contributed by atoms with Crippen LogP contribution in [-0.4, -0.2) is 88.4 Å². The van der Waals surface area contributed by atoms with E-state index in [0.717, 1.165) is 23.1 Å². The summed E-state index contributed by atoms with van der Waals surface area (Å²) in [7, 11) is 1.50. The smallest absolute Gasteiger partial charge is 0.421 e. The number of halogens is 6. The zero-order valence-corrected chi connectivity index (χ0v) is 25.0. The normalized spacial score (nSPS) is 18.1. The van der Waals surface area contributed by atoms with Gasteiger partial charge in [-0.25, -0.2) is 14.6 Å². The second-order valence-corrected chi connectivity index (χ2v) is 11.3. The van der Waals surface area contributed by atoms with Crippen LogP contribution in [-0.2, 0) is 23.7 Å². The van der Waals surface area contributed by atoms with Crippen LogP contribution in [0.4, 0.5) is 32.3 Å². The number of hydrogen-bond donors (Lipinski definition) is 0. The number of benzene rings is 1. The molecule has 1 atom stereocenters. The number of ether oxygens (including phenoxy) is 1. The van der Waals surface area contributed by atoms with Crippen molar-refractivity contribution < 1.29 is 35.9 Å². The second kappa shape index (κ2) is 13.6. The minimum atomic E-state index is -4.85. The summed E-state index contributed by atoms with van der Waals surface area (Å²) in [5, 5.41) is 4.36. The molecule has 2 aromatic heterocycles. The van der Waals surface area contributed by atoms with Crippen molar-refractivity contribution in [1.82, 2.24) is 29.5 Å². The number of piperidine rings is 1. The lowest BCUT2D eigenvalue weighted by atomic mass is 9.93. The van der Waals surface area contributed by atoms with E-state index in [1.165, 1.54) is 7.11 Å². The molecule has 0 aliphatic carbocycles. The molecule has 46 heavy (non-hydrogen) atoms. The van der Waals surface area contributed by atoms with E-state index in [1.807, 2.05) is 4.90 Å². The third-order valence-corrected chi connectivity index (χ3v) is 8.24. The monoisotopic (exact) mass is 653 g/mol. The van der Waals surface area contributed by atoms with Crippen molar-refractivity contribution in [3.8, 4) is 5.75 Å². The Balaban J connectivity index is 1.19. The second-order valence-electron chi connectivity index (χ2n) is 11.3. The predicted octanol–water partition coefficient (Wildman–Crippen LogP) is 4.05. The topological polar surface area (TPSA) is 96.7 Å². The number of amides is 1. The SMILES string of the molecule is COc1ccc(Cn2nc(C3CCCN(CCC(=O)N4CCN(c5ncc(C(F)(F)F)cn5)CC4)C3)cc(C(F)(F)F)c2=O)cc1. The van der Waals surface area contributed by atoms with E-state index < -0.39 is 29.0 Å². The van der Waals surface area contributed by atoms with Crippen molar-refractivity contribution in [2.24, 2.45) is 0 Å². The summed E-state index contributed by atoms with van der Waals surface area (Å²) >= 11 is 0. The molecule has 3 aromatic rings. The third kappa shape index (κ3) is 7.95. The molecule has 16 heteroatoms. The molecule has 2 saturated heterocycles. The third-order valence-electron chi connectivity index (χ3n) is 8.24. The molecule has 1 unspecified atom stereocenters. The number of alkyl halides is 6. The fourth-order valence-corrected chi connectivity index (χ4v) is 5.67. The zero-order chi connectivity index (χ0) is 33.1. The van der Waals surface area contributed by atoms with Gasteiger partial charge in [-0.1, -0.05) is 12.1 Å². The number of hydrogen-bond acceptors (Lipinski definition) is 8. The Kier molecular flexibility index (Phi) is 9.84. The molecule has 5 rings (SSSR count). The number of aromatic nitrogens is 4. The van der Waals surface area contributed by atoms with E-state index in [-0.39, 0.29) is 36.4 Å². The van der Waals surface area contributed by atoms with Gasteiger partial charge < -0.3 is 19.4 Å². The van der Waals surface area contributed by atoms with Crippen LogP contribution in [0.1, 0.15) is 47.6 Å². The molecule has 10 nitrogen and oxygen atoms in total. The van der Waals surface area contributed by atoms with Crippen LogP contribution >= 0.6 is 0 Å².